The molecule has 0 aliphatic heterocycles. The number of hydrogen-bond donors (Lipinski definition) is 3. The lowest BCUT2D eigenvalue weighted by molar-refractivity contribution is 0.634. The van der Waals surface area contributed by atoms with Crippen molar-refractivity contribution in [2.24, 2.45) is 5.73 Å². The Balaban J connectivity index is 2.24. The van der Waals surface area contributed by atoms with Gasteiger partial charge in [0.25, 0.3) is 0 Å². The number of rotatable bonds is 4. The van der Waals surface area contributed by atoms with Crippen LogP contribution in [0.1, 0.15) is 0 Å². The lowest BCUT2D eigenvalue weighted by Crippen LogP contribution is -2.30. The summed E-state index contributed by atoms with van der Waals surface area (Å²) in [6.45, 7) is 0.354. The van der Waals surface area contributed by atoms with E-state index < -0.39 is 0 Å². The molecule has 1 aromatic carbocycles. The highest BCUT2D eigenvalue weighted by Crippen LogP contribution is 2.13. The Morgan fingerprint density at radius 1 is 1.37 bits per heavy atom. The van der Waals surface area contributed by atoms with Gasteiger partial charge in [-0.15, -0.1) is 5.10 Å². The molecule has 2 aromatic rings. The molecule has 0 amide bonds. The molecule has 1 aromatic heterocycles. The van der Waals surface area contributed by atoms with Gasteiger partial charge in [0, 0.05) is 11.3 Å². The second-order valence-corrected chi connectivity index (χ2v) is 4.91. The van der Waals surface area contributed by atoms with E-state index in [1.54, 1.807) is 0 Å². The molecule has 0 saturated carbocycles. The van der Waals surface area contributed by atoms with Crippen LogP contribution in [-0.2, 0) is 6.54 Å². The molecule has 8 heteroatoms. The summed E-state index contributed by atoms with van der Waals surface area (Å²) in [5.41, 5.74) is 5.62. The molecule has 0 aliphatic carbocycles. The van der Waals surface area contributed by atoms with Crippen molar-refractivity contribution in [2.45, 2.75) is 6.54 Å². The molecule has 1 heterocycles. The molecular formula is C11H14N6OS. The minimum atomic E-state index is -0.386. The third kappa shape index (κ3) is 2.97. The van der Waals surface area contributed by atoms with Crippen molar-refractivity contribution < 1.29 is 0 Å². The molecule has 0 unspecified atom stereocenters. The van der Waals surface area contributed by atoms with Gasteiger partial charge in [0.2, 0.25) is 0 Å². The summed E-state index contributed by atoms with van der Waals surface area (Å²) in [7, 11) is 0. The molecule has 7 nitrogen and oxygen atoms in total. The standard InChI is InChI=1S/C11H14N6OS/c12-10(13)19-7-6-16-11(18)17(14)9(15-16)8-4-2-1-3-5-8/h1-5H,6-7,14H2,(H3,12,13). The molecule has 19 heavy (non-hydrogen) atoms. The van der Waals surface area contributed by atoms with Crippen LogP contribution in [-0.4, -0.2) is 25.4 Å². The fraction of sp³-hybridized carbons (Fsp3) is 0.182. The van der Waals surface area contributed by atoms with Crippen LogP contribution >= 0.6 is 11.8 Å². The molecule has 0 atom stereocenters. The van der Waals surface area contributed by atoms with E-state index in [0.717, 1.165) is 22.0 Å². The number of hydrogen-bond acceptors (Lipinski definition) is 5. The molecule has 0 saturated heterocycles. The summed E-state index contributed by atoms with van der Waals surface area (Å²) in [6, 6.07) is 9.25. The maximum absolute atomic E-state index is 11.9. The van der Waals surface area contributed by atoms with Crippen LogP contribution in [0.4, 0.5) is 0 Å². The SMILES string of the molecule is N=C(N)SCCn1nc(-c2ccccc2)n(N)c1=O. The van der Waals surface area contributed by atoms with Gasteiger partial charge in [-0.05, 0) is 0 Å². The zero-order valence-corrected chi connectivity index (χ0v) is 10.9. The number of aryl methyl sites for hydroxylation is 1. The van der Waals surface area contributed by atoms with Crippen LogP contribution in [0.25, 0.3) is 11.4 Å². The molecule has 0 fully saturated rings. The highest BCUT2D eigenvalue weighted by atomic mass is 32.2. The Bertz CT molecular complexity index is 632. The van der Waals surface area contributed by atoms with Crippen LogP contribution in [0.5, 0.6) is 0 Å². The molecule has 100 valence electrons. The van der Waals surface area contributed by atoms with Crippen LogP contribution in [0.2, 0.25) is 0 Å². The first kappa shape index (κ1) is 13.2. The fourth-order valence-corrected chi connectivity index (χ4v) is 2.08. The lowest BCUT2D eigenvalue weighted by atomic mass is 10.2. The molecular weight excluding hydrogens is 264 g/mol. The van der Waals surface area contributed by atoms with E-state index in [1.165, 1.54) is 4.68 Å². The van der Waals surface area contributed by atoms with E-state index >= 15 is 0 Å². The first-order chi connectivity index (χ1) is 9.09. The van der Waals surface area contributed by atoms with E-state index in [0.29, 0.717) is 18.1 Å². The quantitative estimate of drug-likeness (QED) is 0.415. The van der Waals surface area contributed by atoms with Gasteiger partial charge in [-0.1, -0.05) is 42.1 Å². The molecule has 0 bridgehead atoms. The van der Waals surface area contributed by atoms with Gasteiger partial charge in [-0.25, -0.2) is 9.48 Å². The Kier molecular flexibility index (Phi) is 3.91. The van der Waals surface area contributed by atoms with Crippen molar-refractivity contribution >= 4 is 16.9 Å². The largest absolute Gasteiger partial charge is 0.379 e. The van der Waals surface area contributed by atoms with Crippen LogP contribution in [0.15, 0.2) is 35.1 Å². The molecule has 0 spiro atoms. The second kappa shape index (κ2) is 5.61. The number of amidine groups is 1. The van der Waals surface area contributed by atoms with Gasteiger partial charge in [-0.2, -0.15) is 4.68 Å². The minimum Gasteiger partial charge on any atom is -0.379 e. The van der Waals surface area contributed by atoms with Crippen molar-refractivity contribution in [3.8, 4) is 11.4 Å². The van der Waals surface area contributed by atoms with E-state index in [2.05, 4.69) is 5.10 Å². The van der Waals surface area contributed by atoms with E-state index in [9.17, 15) is 4.79 Å². The van der Waals surface area contributed by atoms with Crippen LogP contribution in [0, 0.1) is 5.41 Å². The summed E-state index contributed by atoms with van der Waals surface area (Å²) >= 11 is 1.16. The third-order valence-electron chi connectivity index (χ3n) is 2.46. The topological polar surface area (TPSA) is 116 Å². The van der Waals surface area contributed by atoms with Gasteiger partial charge in [-0.3, -0.25) is 5.41 Å². The van der Waals surface area contributed by atoms with Crippen molar-refractivity contribution in [2.75, 3.05) is 11.6 Å². The van der Waals surface area contributed by atoms with Crippen LogP contribution in [0.3, 0.4) is 0 Å². The third-order valence-corrected chi connectivity index (χ3v) is 3.16. The summed E-state index contributed by atoms with van der Waals surface area (Å²) in [6.07, 6.45) is 0. The zero-order valence-electron chi connectivity index (χ0n) is 10.1. The van der Waals surface area contributed by atoms with Gasteiger partial charge >= 0.3 is 5.69 Å². The van der Waals surface area contributed by atoms with Crippen molar-refractivity contribution in [3.63, 3.8) is 0 Å². The lowest BCUT2D eigenvalue weighted by Gasteiger charge is -1.98. The Morgan fingerprint density at radius 3 is 2.68 bits per heavy atom. The smallest absolute Gasteiger partial charge is 0.364 e. The maximum Gasteiger partial charge on any atom is 0.364 e. The number of nitrogens with zero attached hydrogens (tertiary/aromatic N) is 3. The van der Waals surface area contributed by atoms with Gasteiger partial charge < -0.3 is 11.6 Å². The summed E-state index contributed by atoms with van der Waals surface area (Å²) in [4.78, 5) is 11.9. The predicted octanol–water partition coefficient (Wildman–Crippen LogP) is 0.0523. The average Bonchev–Trinajstić information content (AvgIpc) is 2.68. The number of aromatic nitrogens is 3. The summed E-state index contributed by atoms with van der Waals surface area (Å²) < 4.78 is 2.30. The van der Waals surface area contributed by atoms with Crippen molar-refractivity contribution in [1.82, 2.24) is 14.5 Å². The zero-order chi connectivity index (χ0) is 13.8. The average molecular weight is 278 g/mol. The van der Waals surface area contributed by atoms with Gasteiger partial charge in [0.1, 0.15) is 0 Å². The molecule has 0 aliphatic rings. The minimum absolute atomic E-state index is 0.0171. The van der Waals surface area contributed by atoms with E-state index in [1.807, 2.05) is 30.3 Å². The highest BCUT2D eigenvalue weighted by Gasteiger charge is 2.12. The second-order valence-electron chi connectivity index (χ2n) is 3.78. The fourth-order valence-electron chi connectivity index (χ4n) is 1.59. The number of nitrogens with two attached hydrogens (primary N) is 2. The Morgan fingerprint density at radius 2 is 2.05 bits per heavy atom. The summed E-state index contributed by atoms with van der Waals surface area (Å²) in [5.74, 6) is 6.63. The summed E-state index contributed by atoms with van der Waals surface area (Å²) in [5, 5.41) is 11.3. The number of nitrogen functional groups attached to an aromatic ring is 1. The number of benzene rings is 1. The monoisotopic (exact) mass is 278 g/mol. The normalized spacial score (nSPS) is 10.5. The van der Waals surface area contributed by atoms with E-state index in [-0.39, 0.29) is 10.9 Å². The van der Waals surface area contributed by atoms with Crippen molar-refractivity contribution in [3.05, 3.63) is 40.8 Å². The molecule has 0 radical (unpaired) electrons. The number of thioether (sulfide) groups is 1. The molecule has 2 rings (SSSR count). The number of nitrogens with one attached hydrogen (secondary N) is 1. The van der Waals surface area contributed by atoms with Gasteiger partial charge in [0.05, 0.1) is 6.54 Å². The van der Waals surface area contributed by atoms with E-state index in [4.69, 9.17) is 17.0 Å². The maximum atomic E-state index is 11.9. The first-order valence-corrected chi connectivity index (χ1v) is 6.55. The van der Waals surface area contributed by atoms with Gasteiger partial charge in [0.15, 0.2) is 11.0 Å². The highest BCUT2D eigenvalue weighted by molar-refractivity contribution is 8.13. The first-order valence-electron chi connectivity index (χ1n) is 5.57. The predicted molar refractivity (Wildman–Crippen MR) is 76.4 cm³/mol. The van der Waals surface area contributed by atoms with Crippen LogP contribution < -0.4 is 17.3 Å². The Hall–Kier alpha value is -2.22. The van der Waals surface area contributed by atoms with Crippen molar-refractivity contribution in [1.29, 1.82) is 5.41 Å². The molecule has 5 N–H and O–H groups in total. The Labute approximate surface area is 113 Å².